The monoisotopic (exact) mass is 332 g/mol. The number of amides is 2. The van der Waals surface area contributed by atoms with Gasteiger partial charge < -0.3 is 15.4 Å². The molecule has 2 amide bonds. The van der Waals surface area contributed by atoms with Crippen molar-refractivity contribution in [3.8, 4) is 0 Å². The molecule has 2 N–H and O–H groups in total. The Morgan fingerprint density at radius 1 is 1.22 bits per heavy atom. The molecule has 1 aromatic carbocycles. The van der Waals surface area contributed by atoms with Crippen LogP contribution in [0.25, 0.3) is 0 Å². The van der Waals surface area contributed by atoms with E-state index in [1.165, 1.54) is 12.1 Å². The van der Waals surface area contributed by atoms with Crippen molar-refractivity contribution in [1.82, 2.24) is 5.32 Å². The first-order valence-electron chi connectivity index (χ1n) is 7.36. The van der Waals surface area contributed by atoms with Crippen molar-refractivity contribution in [2.45, 2.75) is 49.9 Å². The molecule has 0 radical (unpaired) electrons. The molecule has 0 spiro atoms. The van der Waals surface area contributed by atoms with Gasteiger partial charge in [-0.2, -0.15) is 13.2 Å². The Morgan fingerprint density at radius 3 is 2.43 bits per heavy atom. The van der Waals surface area contributed by atoms with Gasteiger partial charge in [0, 0.05) is 5.69 Å². The largest absolute Gasteiger partial charge is 0.423 e. The average molecular weight is 332 g/mol. The Balaban J connectivity index is 1.55. The van der Waals surface area contributed by atoms with E-state index < -0.39 is 23.9 Å². The number of ether oxygens (including phenoxy) is 1. The molecule has 3 rings (SSSR count). The quantitative estimate of drug-likeness (QED) is 0.829. The molecule has 2 aliphatic heterocycles. The average Bonchev–Trinajstić information content (AvgIpc) is 3.09. The molecule has 0 aromatic heterocycles. The maximum Gasteiger partial charge on any atom is 0.423 e. The van der Waals surface area contributed by atoms with E-state index in [1.807, 2.05) is 0 Å². The highest BCUT2D eigenvalue weighted by Gasteiger charge is 2.42. The molecule has 2 bridgehead atoms. The second-order valence-corrected chi connectivity index (χ2v) is 5.84. The molecule has 23 heavy (non-hydrogen) atoms. The van der Waals surface area contributed by atoms with Crippen molar-refractivity contribution in [3.63, 3.8) is 0 Å². The highest BCUT2D eigenvalue weighted by Crippen LogP contribution is 2.36. The number of hydrogen-bond acceptors (Lipinski definition) is 2. The predicted octanol–water partition coefficient (Wildman–Crippen LogP) is 3.70. The van der Waals surface area contributed by atoms with Crippen LogP contribution in [0.1, 0.15) is 31.0 Å². The summed E-state index contributed by atoms with van der Waals surface area (Å²) >= 11 is 0. The molecule has 2 fully saturated rings. The summed E-state index contributed by atoms with van der Waals surface area (Å²) in [7, 11) is 0. The second-order valence-electron chi connectivity index (χ2n) is 5.84. The van der Waals surface area contributed by atoms with E-state index in [0.717, 1.165) is 31.4 Å². The Hall–Kier alpha value is -1.83. The number of hydrogen-bond donors (Lipinski definition) is 2. The number of rotatable bonds is 3. The molecular weight excluding hydrogens is 316 g/mol. The number of carbonyl (C=O) groups excluding carboxylic acids is 1. The van der Waals surface area contributed by atoms with Gasteiger partial charge >= 0.3 is 12.2 Å². The summed E-state index contributed by atoms with van der Waals surface area (Å²) < 4.78 is 55.6. The standard InChI is InChI=1S/C15H16F4N2O2/c16-13(15(17,18)19)8-1-3-9(4-2-8)20-14(22)21-11-7-10-5-6-12(11)23-10/h1-4,10-13H,5-7H2,(H2,20,21,22)/t10-,11-,12+,13?/m1/s1. The van der Waals surface area contributed by atoms with E-state index in [0.29, 0.717) is 5.69 Å². The SMILES string of the molecule is O=C(Nc1ccc(C(F)C(F)(F)F)cc1)N[C@@H]1C[C@H]2CC[C@@H]1O2. The van der Waals surface area contributed by atoms with Crippen LogP contribution >= 0.6 is 0 Å². The van der Waals surface area contributed by atoms with E-state index in [-0.39, 0.29) is 18.2 Å². The normalized spacial score (nSPS) is 27.7. The Labute approximate surface area is 130 Å². The molecule has 0 aliphatic carbocycles. The van der Waals surface area contributed by atoms with Crippen molar-refractivity contribution in [2.24, 2.45) is 0 Å². The third kappa shape index (κ3) is 3.57. The lowest BCUT2D eigenvalue weighted by atomic mass is 9.96. The van der Waals surface area contributed by atoms with E-state index in [9.17, 15) is 22.4 Å². The lowest BCUT2D eigenvalue weighted by Gasteiger charge is -2.20. The van der Waals surface area contributed by atoms with Crippen LogP contribution in [0.3, 0.4) is 0 Å². The van der Waals surface area contributed by atoms with Gasteiger partial charge in [0.25, 0.3) is 0 Å². The van der Waals surface area contributed by atoms with Gasteiger partial charge in [-0.25, -0.2) is 9.18 Å². The first-order valence-corrected chi connectivity index (χ1v) is 7.36. The van der Waals surface area contributed by atoms with Gasteiger partial charge in [-0.1, -0.05) is 12.1 Å². The maximum absolute atomic E-state index is 13.2. The number of alkyl halides is 4. The molecule has 1 unspecified atom stereocenters. The maximum atomic E-state index is 13.2. The first kappa shape index (κ1) is 16.0. The highest BCUT2D eigenvalue weighted by molar-refractivity contribution is 5.89. The van der Waals surface area contributed by atoms with Crippen LogP contribution in [0.5, 0.6) is 0 Å². The van der Waals surface area contributed by atoms with Crippen LogP contribution in [0.2, 0.25) is 0 Å². The minimum atomic E-state index is -4.94. The smallest absolute Gasteiger partial charge is 0.373 e. The van der Waals surface area contributed by atoms with Gasteiger partial charge in [-0.3, -0.25) is 0 Å². The van der Waals surface area contributed by atoms with Crippen molar-refractivity contribution in [3.05, 3.63) is 29.8 Å². The summed E-state index contributed by atoms with van der Waals surface area (Å²) in [5.41, 5.74) is -0.199. The van der Waals surface area contributed by atoms with Gasteiger partial charge in [0.2, 0.25) is 6.17 Å². The van der Waals surface area contributed by atoms with Crippen LogP contribution in [0.15, 0.2) is 24.3 Å². The predicted molar refractivity (Wildman–Crippen MR) is 74.8 cm³/mol. The zero-order chi connectivity index (χ0) is 16.6. The van der Waals surface area contributed by atoms with Crippen molar-refractivity contribution >= 4 is 11.7 Å². The lowest BCUT2D eigenvalue weighted by molar-refractivity contribution is -0.182. The molecule has 8 heteroatoms. The van der Waals surface area contributed by atoms with Gasteiger partial charge in [0.05, 0.1) is 18.2 Å². The Morgan fingerprint density at radius 2 is 1.91 bits per heavy atom. The molecule has 2 heterocycles. The summed E-state index contributed by atoms with van der Waals surface area (Å²) in [6.07, 6.45) is -5.03. The molecular formula is C15H16F4N2O2. The lowest BCUT2D eigenvalue weighted by Crippen LogP contribution is -2.43. The first-order chi connectivity index (χ1) is 10.8. The van der Waals surface area contributed by atoms with Crippen molar-refractivity contribution < 1.29 is 27.1 Å². The topological polar surface area (TPSA) is 50.4 Å². The van der Waals surface area contributed by atoms with E-state index in [1.54, 1.807) is 0 Å². The van der Waals surface area contributed by atoms with E-state index >= 15 is 0 Å². The third-order valence-electron chi connectivity index (χ3n) is 4.17. The van der Waals surface area contributed by atoms with Gasteiger partial charge in [0.1, 0.15) is 0 Å². The number of urea groups is 1. The van der Waals surface area contributed by atoms with Gasteiger partial charge in [0.15, 0.2) is 0 Å². The summed E-state index contributed by atoms with van der Waals surface area (Å²) in [6.45, 7) is 0. The van der Waals surface area contributed by atoms with Crippen molar-refractivity contribution in [1.29, 1.82) is 0 Å². The minimum Gasteiger partial charge on any atom is -0.373 e. The van der Waals surface area contributed by atoms with Crippen LogP contribution in [0, 0.1) is 0 Å². The molecule has 2 saturated heterocycles. The van der Waals surface area contributed by atoms with Crippen LogP contribution in [0.4, 0.5) is 28.0 Å². The fraction of sp³-hybridized carbons (Fsp3) is 0.533. The third-order valence-corrected chi connectivity index (χ3v) is 4.17. The fourth-order valence-electron chi connectivity index (χ4n) is 3.05. The van der Waals surface area contributed by atoms with Gasteiger partial charge in [-0.15, -0.1) is 0 Å². The van der Waals surface area contributed by atoms with E-state index in [4.69, 9.17) is 4.74 Å². The molecule has 4 atom stereocenters. The summed E-state index contributed by atoms with van der Waals surface area (Å²) in [5, 5.41) is 5.32. The molecule has 126 valence electrons. The number of benzene rings is 1. The van der Waals surface area contributed by atoms with E-state index in [2.05, 4.69) is 10.6 Å². The summed E-state index contributed by atoms with van der Waals surface area (Å²) in [5.74, 6) is 0. The van der Waals surface area contributed by atoms with Crippen LogP contribution in [-0.2, 0) is 4.74 Å². The number of halogens is 4. The number of carbonyl (C=O) groups is 1. The van der Waals surface area contributed by atoms with Crippen LogP contribution in [-0.4, -0.2) is 30.5 Å². The summed E-state index contributed by atoms with van der Waals surface area (Å²) in [6, 6.07) is 4.00. The van der Waals surface area contributed by atoms with Gasteiger partial charge in [-0.05, 0) is 37.0 Å². The Kier molecular flexibility index (Phi) is 4.18. The number of anilines is 1. The summed E-state index contributed by atoms with van der Waals surface area (Å²) in [4.78, 5) is 11.9. The zero-order valence-electron chi connectivity index (χ0n) is 12.1. The molecule has 1 aromatic rings. The fourth-order valence-corrected chi connectivity index (χ4v) is 3.05. The number of fused-ring (bicyclic) bond motifs is 2. The molecule has 0 saturated carbocycles. The Bertz CT molecular complexity index is 576. The van der Waals surface area contributed by atoms with Crippen molar-refractivity contribution in [2.75, 3.05) is 5.32 Å². The molecule has 4 nitrogen and oxygen atoms in total. The van der Waals surface area contributed by atoms with Crippen LogP contribution < -0.4 is 10.6 Å². The second kappa shape index (κ2) is 5.99. The molecule has 2 aliphatic rings. The zero-order valence-corrected chi connectivity index (χ0v) is 12.1. The highest BCUT2D eigenvalue weighted by atomic mass is 19.4. The minimum absolute atomic E-state index is 0.0345. The number of nitrogens with one attached hydrogen (secondary N) is 2.